The molecular weight excluding hydrogens is 446 g/mol. The molecule has 0 radical (unpaired) electrons. The van der Waals surface area contributed by atoms with Gasteiger partial charge in [-0.05, 0) is 56.8 Å². The van der Waals surface area contributed by atoms with Gasteiger partial charge in [0.1, 0.15) is 9.39 Å². The van der Waals surface area contributed by atoms with Crippen molar-refractivity contribution in [1.82, 2.24) is 4.98 Å². The van der Waals surface area contributed by atoms with Crippen LogP contribution in [0.3, 0.4) is 0 Å². The summed E-state index contributed by atoms with van der Waals surface area (Å²) in [5, 5.41) is 0. The molecule has 0 aliphatic rings. The van der Waals surface area contributed by atoms with Crippen molar-refractivity contribution in [2.45, 2.75) is 12.8 Å². The molecular formula is C9H7F2I2NO2. The van der Waals surface area contributed by atoms with E-state index in [1.807, 2.05) is 45.2 Å². The van der Waals surface area contributed by atoms with Crippen molar-refractivity contribution in [1.29, 1.82) is 0 Å². The lowest BCUT2D eigenvalue weighted by molar-refractivity contribution is -0.139. The SMILES string of the molecule is COC(=O)Cc1cc(I)c(I)nc1C(F)F. The second-order valence-corrected chi connectivity index (χ2v) is 5.04. The highest BCUT2D eigenvalue weighted by atomic mass is 127. The van der Waals surface area contributed by atoms with Crippen LogP contribution < -0.4 is 0 Å². The Balaban J connectivity index is 3.14. The Labute approximate surface area is 118 Å². The molecule has 0 fully saturated rings. The van der Waals surface area contributed by atoms with Gasteiger partial charge >= 0.3 is 5.97 Å². The molecule has 1 rings (SSSR count). The van der Waals surface area contributed by atoms with E-state index in [2.05, 4.69) is 9.72 Å². The molecule has 1 aromatic heterocycles. The minimum atomic E-state index is -2.69. The van der Waals surface area contributed by atoms with Gasteiger partial charge in [-0.15, -0.1) is 0 Å². The van der Waals surface area contributed by atoms with Crippen molar-refractivity contribution in [2.24, 2.45) is 0 Å². The Kier molecular flexibility index (Phi) is 5.28. The Morgan fingerprint density at radius 2 is 2.19 bits per heavy atom. The minimum Gasteiger partial charge on any atom is -0.469 e. The standard InChI is InChI=1S/C9H7F2I2NO2/c1-16-6(15)3-4-2-5(12)9(13)14-7(4)8(10)11/h2,8H,3H2,1H3. The summed E-state index contributed by atoms with van der Waals surface area (Å²) in [5.74, 6) is -0.555. The van der Waals surface area contributed by atoms with Gasteiger partial charge in [-0.2, -0.15) is 0 Å². The third-order valence-corrected chi connectivity index (χ3v) is 4.49. The molecule has 1 aromatic rings. The highest BCUT2D eigenvalue weighted by molar-refractivity contribution is 14.1. The molecule has 0 saturated heterocycles. The van der Waals surface area contributed by atoms with E-state index in [-0.39, 0.29) is 17.7 Å². The van der Waals surface area contributed by atoms with E-state index in [1.165, 1.54) is 13.2 Å². The van der Waals surface area contributed by atoms with Gasteiger partial charge < -0.3 is 4.74 Å². The maximum Gasteiger partial charge on any atom is 0.310 e. The van der Waals surface area contributed by atoms with Crippen molar-refractivity contribution in [2.75, 3.05) is 7.11 Å². The molecule has 16 heavy (non-hydrogen) atoms. The molecule has 0 saturated carbocycles. The van der Waals surface area contributed by atoms with Gasteiger partial charge in [0.2, 0.25) is 0 Å². The molecule has 0 unspecified atom stereocenters. The number of rotatable bonds is 3. The molecule has 0 amide bonds. The largest absolute Gasteiger partial charge is 0.469 e. The summed E-state index contributed by atoms with van der Waals surface area (Å²) in [6.07, 6.45) is -2.87. The number of methoxy groups -OCH3 is 1. The maximum atomic E-state index is 12.7. The fraction of sp³-hybridized carbons (Fsp3) is 0.333. The maximum absolute atomic E-state index is 12.7. The summed E-state index contributed by atoms with van der Waals surface area (Å²) in [5.41, 5.74) is -0.137. The highest BCUT2D eigenvalue weighted by Crippen LogP contribution is 2.25. The first kappa shape index (κ1) is 14.0. The monoisotopic (exact) mass is 453 g/mol. The smallest absolute Gasteiger partial charge is 0.310 e. The van der Waals surface area contributed by atoms with Crippen molar-refractivity contribution in [3.8, 4) is 0 Å². The van der Waals surface area contributed by atoms with E-state index >= 15 is 0 Å². The average molecular weight is 453 g/mol. The van der Waals surface area contributed by atoms with Crippen molar-refractivity contribution < 1.29 is 18.3 Å². The Bertz CT molecular complexity index is 413. The zero-order valence-electron chi connectivity index (χ0n) is 8.14. The highest BCUT2D eigenvalue weighted by Gasteiger charge is 2.19. The van der Waals surface area contributed by atoms with E-state index in [1.54, 1.807) is 0 Å². The first-order valence-electron chi connectivity index (χ1n) is 4.15. The summed E-state index contributed by atoms with van der Waals surface area (Å²) < 4.78 is 31.0. The van der Waals surface area contributed by atoms with E-state index < -0.39 is 12.4 Å². The van der Waals surface area contributed by atoms with E-state index in [4.69, 9.17) is 0 Å². The van der Waals surface area contributed by atoms with Gasteiger partial charge in [0.05, 0.1) is 13.5 Å². The van der Waals surface area contributed by atoms with E-state index in [0.717, 1.165) is 3.57 Å². The van der Waals surface area contributed by atoms with Crippen LogP contribution in [0.15, 0.2) is 6.07 Å². The number of halogens is 4. The molecule has 0 spiro atoms. The summed E-state index contributed by atoms with van der Waals surface area (Å²) in [7, 11) is 1.22. The van der Waals surface area contributed by atoms with E-state index in [0.29, 0.717) is 3.70 Å². The van der Waals surface area contributed by atoms with Gasteiger partial charge in [-0.1, -0.05) is 0 Å². The van der Waals surface area contributed by atoms with Crippen molar-refractivity contribution in [3.63, 3.8) is 0 Å². The van der Waals surface area contributed by atoms with Gasteiger partial charge in [-0.3, -0.25) is 4.79 Å². The molecule has 88 valence electrons. The summed E-state index contributed by atoms with van der Waals surface area (Å²) in [4.78, 5) is 14.8. The summed E-state index contributed by atoms with van der Waals surface area (Å²) >= 11 is 3.86. The van der Waals surface area contributed by atoms with Crippen molar-refractivity contribution in [3.05, 3.63) is 24.6 Å². The lowest BCUT2D eigenvalue weighted by Gasteiger charge is -2.08. The van der Waals surface area contributed by atoms with Crippen molar-refractivity contribution >= 4 is 51.2 Å². The molecule has 1 heterocycles. The number of ether oxygens (including phenoxy) is 1. The number of hydrogen-bond acceptors (Lipinski definition) is 3. The predicted octanol–water partition coefficient (Wildman–Crippen LogP) is 2.94. The summed E-state index contributed by atoms with van der Waals surface area (Å²) in [6, 6.07) is 1.54. The van der Waals surface area contributed by atoms with Gasteiger partial charge in [0, 0.05) is 3.57 Å². The Morgan fingerprint density at radius 1 is 1.56 bits per heavy atom. The van der Waals surface area contributed by atoms with Gasteiger partial charge in [-0.25, -0.2) is 13.8 Å². The van der Waals surface area contributed by atoms with Crippen LogP contribution in [0.2, 0.25) is 0 Å². The van der Waals surface area contributed by atoms with Gasteiger partial charge in [0.25, 0.3) is 6.43 Å². The number of aromatic nitrogens is 1. The molecule has 7 heteroatoms. The number of carbonyl (C=O) groups excluding carboxylic acids is 1. The molecule has 3 nitrogen and oxygen atoms in total. The zero-order valence-corrected chi connectivity index (χ0v) is 12.5. The van der Waals surface area contributed by atoms with Crippen LogP contribution in [0.4, 0.5) is 8.78 Å². The quantitative estimate of drug-likeness (QED) is 0.402. The molecule has 0 aromatic carbocycles. The van der Waals surface area contributed by atoms with Crippen LogP contribution in [0.25, 0.3) is 0 Å². The van der Waals surface area contributed by atoms with E-state index in [9.17, 15) is 13.6 Å². The molecule has 0 atom stereocenters. The number of pyridine rings is 1. The number of hydrogen-bond donors (Lipinski definition) is 0. The topological polar surface area (TPSA) is 39.2 Å². The summed E-state index contributed by atoms with van der Waals surface area (Å²) in [6.45, 7) is 0. The fourth-order valence-corrected chi connectivity index (χ4v) is 1.99. The third kappa shape index (κ3) is 3.47. The Hall–Kier alpha value is -0.0600. The second kappa shape index (κ2) is 6.03. The van der Waals surface area contributed by atoms with Crippen LogP contribution in [0, 0.1) is 7.27 Å². The average Bonchev–Trinajstić information content (AvgIpc) is 2.22. The lowest BCUT2D eigenvalue weighted by Crippen LogP contribution is -2.10. The minimum absolute atomic E-state index is 0.184. The van der Waals surface area contributed by atoms with Gasteiger partial charge in [0.15, 0.2) is 0 Å². The first-order chi connectivity index (χ1) is 7.45. The third-order valence-electron chi connectivity index (χ3n) is 1.81. The van der Waals surface area contributed by atoms with Crippen LogP contribution in [-0.4, -0.2) is 18.1 Å². The van der Waals surface area contributed by atoms with Crippen LogP contribution in [0.5, 0.6) is 0 Å². The lowest BCUT2D eigenvalue weighted by atomic mass is 10.1. The van der Waals surface area contributed by atoms with Crippen LogP contribution in [-0.2, 0) is 16.0 Å². The Morgan fingerprint density at radius 3 is 2.69 bits per heavy atom. The zero-order chi connectivity index (χ0) is 12.3. The number of alkyl halides is 2. The number of nitrogens with zero attached hydrogens (tertiary/aromatic N) is 1. The number of carbonyl (C=O) groups is 1. The molecule has 0 aliphatic heterocycles. The molecule has 0 aliphatic carbocycles. The fourth-order valence-electron chi connectivity index (χ4n) is 1.08. The molecule has 0 bridgehead atoms. The predicted molar refractivity (Wildman–Crippen MR) is 70.3 cm³/mol. The normalized spacial score (nSPS) is 10.6. The second-order valence-electron chi connectivity index (χ2n) is 2.86. The first-order valence-corrected chi connectivity index (χ1v) is 6.31. The molecule has 0 N–H and O–H groups in total. The number of esters is 1. The van der Waals surface area contributed by atoms with Crippen LogP contribution in [0.1, 0.15) is 17.7 Å². The van der Waals surface area contributed by atoms with Crippen LogP contribution >= 0.6 is 45.2 Å².